The van der Waals surface area contributed by atoms with Gasteiger partial charge in [-0.15, -0.1) is 11.8 Å². The van der Waals surface area contributed by atoms with E-state index in [0.717, 1.165) is 16.0 Å². The summed E-state index contributed by atoms with van der Waals surface area (Å²) in [5.41, 5.74) is 6.60. The summed E-state index contributed by atoms with van der Waals surface area (Å²) in [5, 5.41) is 0.0678. The van der Waals surface area contributed by atoms with Crippen molar-refractivity contribution in [2.75, 3.05) is 12.4 Å². The predicted octanol–water partition coefficient (Wildman–Crippen LogP) is 4.00. The second-order valence-electron chi connectivity index (χ2n) is 8.73. The molecule has 2 unspecified atom stereocenters. The van der Waals surface area contributed by atoms with Gasteiger partial charge in [-0.2, -0.15) is 13.2 Å². The van der Waals surface area contributed by atoms with Crippen LogP contribution in [0.5, 0.6) is 5.75 Å². The highest BCUT2D eigenvalue weighted by atomic mass is 32.2. The molecule has 3 aliphatic rings. The van der Waals surface area contributed by atoms with E-state index in [-0.39, 0.29) is 28.5 Å². The third-order valence-corrected chi connectivity index (χ3v) is 10.1. The smallest absolute Gasteiger partial charge is 0.422 e. The van der Waals surface area contributed by atoms with E-state index in [9.17, 15) is 21.6 Å². The van der Waals surface area contributed by atoms with Gasteiger partial charge in [-0.25, -0.2) is 8.42 Å². The number of thioether (sulfide) groups is 1. The minimum atomic E-state index is -4.41. The fourth-order valence-corrected chi connectivity index (χ4v) is 6.98. The summed E-state index contributed by atoms with van der Waals surface area (Å²) in [7, 11) is -3.54. The third-order valence-electron chi connectivity index (χ3n) is 6.04. The Morgan fingerprint density at radius 2 is 2.00 bits per heavy atom. The van der Waals surface area contributed by atoms with Gasteiger partial charge in [0.25, 0.3) is 0 Å². The number of alkyl halides is 3. The van der Waals surface area contributed by atoms with Gasteiger partial charge in [-0.05, 0) is 50.1 Å². The minimum absolute atomic E-state index is 0.0678. The van der Waals surface area contributed by atoms with Crippen LogP contribution in [-0.2, 0) is 9.84 Å². The van der Waals surface area contributed by atoms with Gasteiger partial charge in [0.1, 0.15) is 16.3 Å². The largest absolute Gasteiger partial charge is 0.484 e. The number of allylic oxidation sites excluding steroid dienone is 1. The molecule has 3 atom stereocenters. The Morgan fingerprint density at radius 1 is 1.29 bits per heavy atom. The van der Waals surface area contributed by atoms with Gasteiger partial charge in [0, 0.05) is 16.1 Å². The molecule has 2 N–H and O–H groups in total. The van der Waals surface area contributed by atoms with Gasteiger partial charge in [0.05, 0.1) is 11.3 Å². The molecule has 0 saturated heterocycles. The molecule has 0 fully saturated rings. The van der Waals surface area contributed by atoms with Crippen LogP contribution in [0, 0.1) is 0 Å². The number of halogens is 3. The zero-order valence-corrected chi connectivity index (χ0v) is 18.9. The first-order valence-electron chi connectivity index (χ1n) is 9.71. The lowest BCUT2D eigenvalue weighted by atomic mass is 9.83. The van der Waals surface area contributed by atoms with Crippen LogP contribution in [0.4, 0.5) is 13.2 Å². The van der Waals surface area contributed by atoms with E-state index in [1.54, 1.807) is 44.7 Å². The molecular formula is C21H23F3N2O3S2. The molecular weight excluding hydrogens is 449 g/mol. The lowest BCUT2D eigenvalue weighted by molar-refractivity contribution is -0.153. The Labute approximate surface area is 183 Å². The Bertz CT molecular complexity index is 1120. The number of rotatable bonds is 3. The fraction of sp³-hybridized carbons (Fsp3) is 0.476. The zero-order chi connectivity index (χ0) is 22.8. The standard InChI is InChI=1S/C21H23F3N2O3S2/c1-19(2)18(25)26-20(3,11-31(19,27)28)12-4-6-16-14(8-12)15-9-13(5-7-17(15)30-16)29-10-21(22,23)24/h4-9,14,16H,10-11H2,1-3H3,(H2,25,26)/t14?,16?,20-/m0/s1. The van der Waals surface area contributed by atoms with Gasteiger partial charge >= 0.3 is 6.18 Å². The van der Waals surface area contributed by atoms with Crippen LogP contribution in [0.3, 0.4) is 0 Å². The van der Waals surface area contributed by atoms with Gasteiger partial charge in [0.2, 0.25) is 0 Å². The van der Waals surface area contributed by atoms with Gasteiger partial charge in [0.15, 0.2) is 16.4 Å². The maximum absolute atomic E-state index is 12.9. The van der Waals surface area contributed by atoms with Crippen LogP contribution >= 0.6 is 11.8 Å². The average molecular weight is 473 g/mol. The summed E-state index contributed by atoms with van der Waals surface area (Å²) in [4.78, 5) is 5.53. The quantitative estimate of drug-likeness (QED) is 0.719. The maximum atomic E-state index is 12.9. The number of ether oxygens (including phenoxy) is 1. The third kappa shape index (κ3) is 3.88. The van der Waals surface area contributed by atoms with E-state index in [4.69, 9.17) is 10.5 Å². The molecule has 0 bridgehead atoms. The van der Waals surface area contributed by atoms with Gasteiger partial charge in [-0.3, -0.25) is 4.99 Å². The average Bonchev–Trinajstić information content (AvgIpc) is 3.01. The fourth-order valence-electron chi connectivity index (χ4n) is 3.99. The summed E-state index contributed by atoms with van der Waals surface area (Å²) in [6.07, 6.45) is 1.42. The molecule has 1 aliphatic carbocycles. The Balaban J connectivity index is 1.68. The normalized spacial score (nSPS) is 30.8. The first kappa shape index (κ1) is 22.3. The number of amidine groups is 1. The van der Waals surface area contributed by atoms with E-state index in [1.807, 2.05) is 18.2 Å². The topological polar surface area (TPSA) is 81.8 Å². The van der Waals surface area contributed by atoms with Crippen molar-refractivity contribution in [3.8, 4) is 5.75 Å². The van der Waals surface area contributed by atoms with E-state index in [0.29, 0.717) is 0 Å². The van der Waals surface area contributed by atoms with Crippen molar-refractivity contribution in [1.29, 1.82) is 0 Å². The van der Waals surface area contributed by atoms with Crippen molar-refractivity contribution in [3.63, 3.8) is 0 Å². The van der Waals surface area contributed by atoms with Gasteiger partial charge in [-0.1, -0.05) is 18.2 Å². The highest BCUT2D eigenvalue weighted by molar-refractivity contribution is 8.00. The molecule has 4 rings (SSSR count). The van der Waals surface area contributed by atoms with Crippen molar-refractivity contribution >= 4 is 27.4 Å². The van der Waals surface area contributed by atoms with Crippen LogP contribution in [0.2, 0.25) is 0 Å². The molecule has 31 heavy (non-hydrogen) atoms. The molecule has 0 amide bonds. The van der Waals surface area contributed by atoms with Crippen molar-refractivity contribution in [3.05, 3.63) is 47.6 Å². The first-order valence-corrected chi connectivity index (χ1v) is 12.2. The second kappa shape index (κ2) is 7.03. The SMILES string of the molecule is CC1(C)C(N)=N[C@](C)(C2=CC3c4cc(OCC(F)(F)F)ccc4SC3C=C2)CS1(=O)=O. The summed E-state index contributed by atoms with van der Waals surface area (Å²) in [5.74, 6) is -0.0740. The molecule has 1 aromatic rings. The monoisotopic (exact) mass is 472 g/mol. The summed E-state index contributed by atoms with van der Waals surface area (Å²) < 4.78 is 67.0. The molecule has 0 aromatic heterocycles. The molecule has 0 radical (unpaired) electrons. The number of sulfone groups is 1. The highest BCUT2D eigenvalue weighted by Gasteiger charge is 2.49. The molecule has 2 aliphatic heterocycles. The van der Waals surface area contributed by atoms with E-state index < -0.39 is 32.9 Å². The molecule has 10 heteroatoms. The van der Waals surface area contributed by atoms with Crippen LogP contribution < -0.4 is 10.5 Å². The number of nitrogens with two attached hydrogens (primary N) is 1. The zero-order valence-electron chi connectivity index (χ0n) is 17.2. The van der Waals surface area contributed by atoms with Crippen molar-refractivity contribution in [2.24, 2.45) is 10.7 Å². The molecule has 168 valence electrons. The van der Waals surface area contributed by atoms with Crippen LogP contribution in [-0.4, -0.2) is 48.3 Å². The van der Waals surface area contributed by atoms with Crippen molar-refractivity contribution < 1.29 is 26.3 Å². The highest BCUT2D eigenvalue weighted by Crippen LogP contribution is 2.51. The maximum Gasteiger partial charge on any atom is 0.422 e. The molecule has 5 nitrogen and oxygen atoms in total. The van der Waals surface area contributed by atoms with E-state index in [2.05, 4.69) is 4.99 Å². The number of benzene rings is 1. The van der Waals surface area contributed by atoms with Crippen LogP contribution in [0.1, 0.15) is 32.3 Å². The Hall–Kier alpha value is -1.94. The number of nitrogens with zero attached hydrogens (tertiary/aromatic N) is 1. The molecule has 2 heterocycles. The summed E-state index contributed by atoms with van der Waals surface area (Å²) in [6, 6.07) is 4.93. The summed E-state index contributed by atoms with van der Waals surface area (Å²) >= 11 is 1.61. The minimum Gasteiger partial charge on any atom is -0.484 e. The van der Waals surface area contributed by atoms with Crippen LogP contribution in [0.25, 0.3) is 0 Å². The molecule has 0 spiro atoms. The number of hydrogen-bond acceptors (Lipinski definition) is 6. The first-order chi connectivity index (χ1) is 14.2. The van der Waals surface area contributed by atoms with E-state index >= 15 is 0 Å². The second-order valence-corrected chi connectivity index (χ2v) is 12.5. The number of hydrogen-bond donors (Lipinski definition) is 1. The lowest BCUT2D eigenvalue weighted by Crippen LogP contribution is -2.56. The van der Waals surface area contributed by atoms with Gasteiger partial charge < -0.3 is 10.5 Å². The molecule has 1 aromatic carbocycles. The Morgan fingerprint density at radius 3 is 2.65 bits per heavy atom. The number of aliphatic imine (C=N–C) groups is 1. The number of fused-ring (bicyclic) bond motifs is 3. The Kier molecular flexibility index (Phi) is 5.05. The lowest BCUT2D eigenvalue weighted by Gasteiger charge is -2.39. The van der Waals surface area contributed by atoms with Crippen LogP contribution in [0.15, 0.2) is 51.9 Å². The summed E-state index contributed by atoms with van der Waals surface area (Å²) in [6.45, 7) is 3.49. The van der Waals surface area contributed by atoms with E-state index in [1.165, 1.54) is 6.07 Å². The van der Waals surface area contributed by atoms with Crippen molar-refractivity contribution in [2.45, 2.75) is 53.3 Å². The molecule has 0 saturated carbocycles. The predicted molar refractivity (Wildman–Crippen MR) is 115 cm³/mol. The van der Waals surface area contributed by atoms with Crippen molar-refractivity contribution in [1.82, 2.24) is 0 Å².